The Labute approximate surface area is 145 Å². The Kier molecular flexibility index (Phi) is 6.91. The zero-order chi connectivity index (χ0) is 17.5. The summed E-state index contributed by atoms with van der Waals surface area (Å²) >= 11 is 0. The maximum absolute atomic E-state index is 11.8. The van der Waals surface area contributed by atoms with Crippen LogP contribution in [0.25, 0.3) is 0 Å². The highest BCUT2D eigenvalue weighted by Crippen LogP contribution is 2.37. The van der Waals surface area contributed by atoms with E-state index in [-0.39, 0.29) is 6.04 Å². The number of fused-ring (bicyclic) bond motifs is 1. The number of nitrogens with zero attached hydrogens (tertiary/aromatic N) is 1. The Morgan fingerprint density at radius 2 is 2.04 bits per heavy atom. The lowest BCUT2D eigenvalue weighted by atomic mass is 10.00. The Hall–Kier alpha value is -1.75. The second-order valence-electron chi connectivity index (χ2n) is 6.70. The number of rotatable bonds is 8. The van der Waals surface area contributed by atoms with Crippen LogP contribution in [0, 0.1) is 0 Å². The van der Waals surface area contributed by atoms with E-state index in [2.05, 4.69) is 24.1 Å². The number of carbonyl (C=O) groups is 1. The third-order valence-corrected chi connectivity index (χ3v) is 4.04. The van der Waals surface area contributed by atoms with Gasteiger partial charge < -0.3 is 19.7 Å². The van der Waals surface area contributed by atoms with Crippen molar-refractivity contribution in [3.63, 3.8) is 0 Å². The Morgan fingerprint density at radius 1 is 1.33 bits per heavy atom. The van der Waals surface area contributed by atoms with Gasteiger partial charge in [0.1, 0.15) is 11.5 Å². The molecule has 0 aromatic heterocycles. The van der Waals surface area contributed by atoms with Gasteiger partial charge in [-0.05, 0) is 58.0 Å². The molecule has 1 atom stereocenters. The highest BCUT2D eigenvalue weighted by Gasteiger charge is 2.26. The van der Waals surface area contributed by atoms with Crippen molar-refractivity contribution in [2.45, 2.75) is 52.5 Å². The molecule has 0 bridgehead atoms. The first kappa shape index (κ1) is 18.6. The van der Waals surface area contributed by atoms with Crippen molar-refractivity contribution >= 4 is 6.09 Å². The molecule has 1 N–H and O–H groups in total. The van der Waals surface area contributed by atoms with Crippen molar-refractivity contribution < 1.29 is 14.3 Å². The largest absolute Gasteiger partial charge is 0.493 e. The van der Waals surface area contributed by atoms with Crippen LogP contribution in [-0.4, -0.2) is 43.3 Å². The fourth-order valence-corrected chi connectivity index (χ4v) is 3.08. The van der Waals surface area contributed by atoms with Gasteiger partial charge in [-0.3, -0.25) is 0 Å². The minimum Gasteiger partial charge on any atom is -0.493 e. The second-order valence-corrected chi connectivity index (χ2v) is 6.70. The molecule has 1 heterocycles. The van der Waals surface area contributed by atoms with Gasteiger partial charge in [-0.15, -0.1) is 0 Å². The van der Waals surface area contributed by atoms with Gasteiger partial charge in [0.25, 0.3) is 0 Å². The van der Waals surface area contributed by atoms with E-state index < -0.39 is 6.09 Å². The minimum absolute atomic E-state index is 0.0552. The van der Waals surface area contributed by atoms with Gasteiger partial charge >= 0.3 is 6.09 Å². The summed E-state index contributed by atoms with van der Waals surface area (Å²) in [6.45, 7) is 12.1. The van der Waals surface area contributed by atoms with E-state index in [0.717, 1.165) is 43.8 Å². The molecule has 1 aromatic rings. The molecule has 1 unspecified atom stereocenters. The highest BCUT2D eigenvalue weighted by molar-refractivity contribution is 5.70. The van der Waals surface area contributed by atoms with Crippen molar-refractivity contribution in [3.05, 3.63) is 23.8 Å². The molecule has 1 aliphatic rings. The van der Waals surface area contributed by atoms with Crippen LogP contribution in [0.5, 0.6) is 11.5 Å². The van der Waals surface area contributed by atoms with E-state index in [4.69, 9.17) is 9.47 Å². The van der Waals surface area contributed by atoms with Crippen molar-refractivity contribution in [1.29, 1.82) is 0 Å². The zero-order valence-corrected chi connectivity index (χ0v) is 15.3. The molecule has 5 nitrogen and oxygen atoms in total. The molecule has 0 spiro atoms. The molecule has 134 valence electrons. The summed E-state index contributed by atoms with van der Waals surface area (Å²) in [5.41, 5.74) is 1.14. The maximum Gasteiger partial charge on any atom is 0.412 e. The first-order valence-corrected chi connectivity index (χ1v) is 9.00. The molecule has 0 saturated carbocycles. The average molecular weight is 334 g/mol. The van der Waals surface area contributed by atoms with E-state index in [9.17, 15) is 4.79 Å². The Bertz CT molecular complexity index is 539. The smallest absolute Gasteiger partial charge is 0.412 e. The number of hydrogen-bond acceptors (Lipinski definition) is 4. The SMILES string of the molecule is CCCN(CCC)CC1COc2ccc(OC(=O)NC(C)C)cc21. The summed E-state index contributed by atoms with van der Waals surface area (Å²) in [5.74, 6) is 1.80. The minimum atomic E-state index is -0.418. The lowest BCUT2D eigenvalue weighted by molar-refractivity contribution is 0.197. The number of nitrogens with one attached hydrogen (secondary N) is 1. The van der Waals surface area contributed by atoms with E-state index in [0.29, 0.717) is 18.3 Å². The van der Waals surface area contributed by atoms with E-state index in [1.165, 1.54) is 0 Å². The summed E-state index contributed by atoms with van der Waals surface area (Å²) in [6, 6.07) is 5.69. The van der Waals surface area contributed by atoms with Gasteiger partial charge in [0.05, 0.1) is 6.61 Å². The Morgan fingerprint density at radius 3 is 2.67 bits per heavy atom. The zero-order valence-electron chi connectivity index (χ0n) is 15.3. The number of benzene rings is 1. The third-order valence-electron chi connectivity index (χ3n) is 4.04. The molecule has 5 heteroatoms. The normalized spacial score (nSPS) is 16.2. The van der Waals surface area contributed by atoms with E-state index in [1.807, 2.05) is 26.0 Å². The van der Waals surface area contributed by atoms with Crippen LogP contribution in [0.15, 0.2) is 18.2 Å². The number of ether oxygens (including phenoxy) is 2. The van der Waals surface area contributed by atoms with Gasteiger partial charge in [-0.1, -0.05) is 13.8 Å². The summed E-state index contributed by atoms with van der Waals surface area (Å²) < 4.78 is 11.2. The van der Waals surface area contributed by atoms with Crippen LogP contribution in [0.2, 0.25) is 0 Å². The summed E-state index contributed by atoms with van der Waals surface area (Å²) in [7, 11) is 0. The average Bonchev–Trinajstić information content (AvgIpc) is 2.89. The first-order valence-electron chi connectivity index (χ1n) is 9.00. The molecule has 1 aromatic carbocycles. The van der Waals surface area contributed by atoms with Crippen molar-refractivity contribution in [1.82, 2.24) is 10.2 Å². The van der Waals surface area contributed by atoms with Crippen molar-refractivity contribution in [2.75, 3.05) is 26.2 Å². The number of amides is 1. The lowest BCUT2D eigenvalue weighted by Gasteiger charge is -2.24. The molecule has 0 saturated heterocycles. The standard InChI is InChI=1S/C19H30N2O3/c1-5-9-21(10-6-2)12-15-13-23-18-8-7-16(11-17(15)18)24-19(22)20-14(3)4/h7-8,11,14-15H,5-6,9-10,12-13H2,1-4H3,(H,20,22). The first-order chi connectivity index (χ1) is 11.5. The van der Waals surface area contributed by atoms with Gasteiger partial charge in [0.15, 0.2) is 0 Å². The molecule has 1 amide bonds. The topological polar surface area (TPSA) is 50.8 Å². The fraction of sp³-hybridized carbons (Fsp3) is 0.632. The quantitative estimate of drug-likeness (QED) is 0.786. The van der Waals surface area contributed by atoms with Gasteiger partial charge in [-0.25, -0.2) is 4.79 Å². The molecule has 0 aliphatic carbocycles. The summed E-state index contributed by atoms with van der Waals surface area (Å²) in [5, 5.41) is 2.74. The number of hydrogen-bond donors (Lipinski definition) is 1. The van der Waals surface area contributed by atoms with Crippen molar-refractivity contribution in [2.24, 2.45) is 0 Å². The molecule has 1 aliphatic heterocycles. The number of carbonyl (C=O) groups excluding carboxylic acids is 1. The van der Waals surface area contributed by atoms with Crippen LogP contribution >= 0.6 is 0 Å². The van der Waals surface area contributed by atoms with Gasteiger partial charge in [0, 0.05) is 24.1 Å². The lowest BCUT2D eigenvalue weighted by Crippen LogP contribution is -2.32. The Balaban J connectivity index is 2.05. The summed E-state index contributed by atoms with van der Waals surface area (Å²) in [4.78, 5) is 14.3. The highest BCUT2D eigenvalue weighted by atomic mass is 16.6. The predicted octanol–water partition coefficient (Wildman–Crippen LogP) is 3.78. The van der Waals surface area contributed by atoms with Crippen LogP contribution in [-0.2, 0) is 0 Å². The van der Waals surface area contributed by atoms with Crippen LogP contribution in [0.1, 0.15) is 52.0 Å². The second kappa shape index (κ2) is 8.92. The molecular weight excluding hydrogens is 304 g/mol. The third kappa shape index (κ3) is 5.13. The van der Waals surface area contributed by atoms with Crippen LogP contribution in [0.4, 0.5) is 4.79 Å². The fourth-order valence-electron chi connectivity index (χ4n) is 3.08. The summed E-state index contributed by atoms with van der Waals surface area (Å²) in [6.07, 6.45) is 1.89. The molecule has 0 fully saturated rings. The van der Waals surface area contributed by atoms with E-state index >= 15 is 0 Å². The van der Waals surface area contributed by atoms with Gasteiger partial charge in [0.2, 0.25) is 0 Å². The predicted molar refractivity (Wildman–Crippen MR) is 96.0 cm³/mol. The molecule has 24 heavy (non-hydrogen) atoms. The van der Waals surface area contributed by atoms with Gasteiger partial charge in [-0.2, -0.15) is 0 Å². The van der Waals surface area contributed by atoms with E-state index in [1.54, 1.807) is 6.07 Å². The molecule has 0 radical (unpaired) electrons. The van der Waals surface area contributed by atoms with Crippen LogP contribution < -0.4 is 14.8 Å². The van der Waals surface area contributed by atoms with Crippen LogP contribution in [0.3, 0.4) is 0 Å². The van der Waals surface area contributed by atoms with Crippen molar-refractivity contribution in [3.8, 4) is 11.5 Å². The molecular formula is C19H30N2O3. The molecule has 2 rings (SSSR count). The monoisotopic (exact) mass is 334 g/mol. The maximum atomic E-state index is 11.8.